The lowest BCUT2D eigenvalue weighted by atomic mass is 9.79. The minimum Gasteiger partial charge on any atom is -0.481 e. The Hall–Kier alpha value is -0.610. The Morgan fingerprint density at radius 3 is 2.53 bits per heavy atom. The summed E-state index contributed by atoms with van der Waals surface area (Å²) in [5.74, 6) is -0.323. The molecule has 15 heavy (non-hydrogen) atoms. The molecule has 4 heteroatoms. The summed E-state index contributed by atoms with van der Waals surface area (Å²) in [6.07, 6.45) is 4.50. The maximum absolute atomic E-state index is 10.8. The summed E-state index contributed by atoms with van der Waals surface area (Å²) in [7, 11) is 0. The van der Waals surface area contributed by atoms with Gasteiger partial charge in [0, 0.05) is 6.04 Å². The number of carboxylic acid groups (broad SMARTS) is 1. The smallest absolute Gasteiger partial charge is 0.308 e. The second kappa shape index (κ2) is 4.49. The van der Waals surface area contributed by atoms with Gasteiger partial charge in [-0.1, -0.05) is 0 Å². The Labute approximate surface area is 89.7 Å². The van der Waals surface area contributed by atoms with Gasteiger partial charge in [-0.25, -0.2) is 0 Å². The van der Waals surface area contributed by atoms with Crippen LogP contribution in [0.4, 0.5) is 0 Å². The van der Waals surface area contributed by atoms with Gasteiger partial charge in [0.1, 0.15) is 0 Å². The zero-order valence-corrected chi connectivity index (χ0v) is 8.85. The van der Waals surface area contributed by atoms with Crippen LogP contribution in [0.15, 0.2) is 0 Å². The lowest BCUT2D eigenvalue weighted by molar-refractivity contribution is -0.146. The van der Waals surface area contributed by atoms with Crippen LogP contribution in [-0.4, -0.2) is 34.9 Å². The molecule has 0 spiro atoms. The molecule has 0 saturated heterocycles. The molecule has 86 valence electrons. The molecule has 2 rings (SSSR count). The second-order valence-electron chi connectivity index (χ2n) is 4.87. The van der Waals surface area contributed by atoms with E-state index in [1.54, 1.807) is 0 Å². The van der Waals surface area contributed by atoms with E-state index in [1.807, 2.05) is 0 Å². The van der Waals surface area contributed by atoms with E-state index in [0.29, 0.717) is 5.92 Å². The van der Waals surface area contributed by atoms with E-state index in [9.17, 15) is 9.90 Å². The van der Waals surface area contributed by atoms with Crippen molar-refractivity contribution in [3.05, 3.63) is 0 Å². The number of carbonyl (C=O) groups is 1. The first-order valence-corrected chi connectivity index (χ1v) is 5.81. The molecule has 4 atom stereocenters. The molecule has 0 bridgehead atoms. The molecular weight excluding hydrogens is 194 g/mol. The SMILES string of the molecule is O=C(O)C1CCC1NCC1CCC(O)C1. The minimum atomic E-state index is -0.676. The predicted molar refractivity (Wildman–Crippen MR) is 55.5 cm³/mol. The number of nitrogens with one attached hydrogen (secondary N) is 1. The first-order chi connectivity index (χ1) is 7.16. The van der Waals surface area contributed by atoms with Crippen molar-refractivity contribution < 1.29 is 15.0 Å². The van der Waals surface area contributed by atoms with Crippen molar-refractivity contribution in [2.45, 2.75) is 44.2 Å². The third-order valence-electron chi connectivity index (χ3n) is 3.77. The Morgan fingerprint density at radius 1 is 1.27 bits per heavy atom. The van der Waals surface area contributed by atoms with E-state index < -0.39 is 5.97 Å². The summed E-state index contributed by atoms with van der Waals surface area (Å²) in [6, 6.07) is 0.167. The Bertz CT molecular complexity index is 244. The van der Waals surface area contributed by atoms with E-state index in [2.05, 4.69) is 5.32 Å². The molecule has 0 aromatic rings. The predicted octanol–water partition coefficient (Wildman–Crippen LogP) is 0.600. The number of carboxylic acids is 1. The summed E-state index contributed by atoms with van der Waals surface area (Å²) in [5.41, 5.74) is 0. The van der Waals surface area contributed by atoms with Crippen molar-refractivity contribution in [1.29, 1.82) is 0 Å². The minimum absolute atomic E-state index is 0.131. The fraction of sp³-hybridized carbons (Fsp3) is 0.909. The molecule has 2 aliphatic carbocycles. The monoisotopic (exact) mass is 213 g/mol. The van der Waals surface area contributed by atoms with Crippen LogP contribution in [0.2, 0.25) is 0 Å². The Kier molecular flexibility index (Phi) is 3.26. The fourth-order valence-electron chi connectivity index (χ4n) is 2.59. The molecule has 0 aromatic carbocycles. The molecule has 0 amide bonds. The van der Waals surface area contributed by atoms with Gasteiger partial charge in [-0.2, -0.15) is 0 Å². The molecular formula is C11H19NO3. The average molecular weight is 213 g/mol. The molecule has 0 heterocycles. The Morgan fingerprint density at radius 2 is 2.07 bits per heavy atom. The molecule has 4 unspecified atom stereocenters. The highest BCUT2D eigenvalue weighted by atomic mass is 16.4. The first-order valence-electron chi connectivity index (χ1n) is 5.81. The zero-order chi connectivity index (χ0) is 10.8. The van der Waals surface area contributed by atoms with Crippen LogP contribution in [0.5, 0.6) is 0 Å². The van der Waals surface area contributed by atoms with Crippen LogP contribution in [-0.2, 0) is 4.79 Å². The summed E-state index contributed by atoms with van der Waals surface area (Å²) in [6.45, 7) is 0.867. The van der Waals surface area contributed by atoms with E-state index in [1.165, 1.54) is 0 Å². The van der Waals surface area contributed by atoms with Gasteiger partial charge in [0.15, 0.2) is 0 Å². The number of aliphatic hydroxyl groups is 1. The van der Waals surface area contributed by atoms with Crippen LogP contribution in [0, 0.1) is 11.8 Å². The highest BCUT2D eigenvalue weighted by Gasteiger charge is 2.36. The number of rotatable bonds is 4. The summed E-state index contributed by atoms with van der Waals surface area (Å²) in [4.78, 5) is 10.8. The summed E-state index contributed by atoms with van der Waals surface area (Å²) < 4.78 is 0. The normalized spacial score (nSPS) is 40.1. The maximum atomic E-state index is 10.8. The van der Waals surface area contributed by atoms with Gasteiger partial charge in [-0.3, -0.25) is 4.79 Å². The molecule has 4 nitrogen and oxygen atoms in total. The van der Waals surface area contributed by atoms with Gasteiger partial charge in [-0.05, 0) is 44.6 Å². The molecule has 2 fully saturated rings. The lowest BCUT2D eigenvalue weighted by Crippen LogP contribution is -2.48. The number of aliphatic hydroxyl groups excluding tert-OH is 1. The van der Waals surface area contributed by atoms with Crippen molar-refractivity contribution in [2.24, 2.45) is 11.8 Å². The zero-order valence-electron chi connectivity index (χ0n) is 8.85. The van der Waals surface area contributed by atoms with Crippen molar-refractivity contribution in [3.8, 4) is 0 Å². The first kappa shape index (κ1) is 10.9. The topological polar surface area (TPSA) is 69.6 Å². The van der Waals surface area contributed by atoms with Gasteiger partial charge in [0.05, 0.1) is 12.0 Å². The Balaban J connectivity index is 1.68. The largest absolute Gasteiger partial charge is 0.481 e. The van der Waals surface area contributed by atoms with Gasteiger partial charge < -0.3 is 15.5 Å². The van der Waals surface area contributed by atoms with Crippen LogP contribution in [0.3, 0.4) is 0 Å². The third kappa shape index (κ3) is 2.49. The quantitative estimate of drug-likeness (QED) is 0.639. The average Bonchev–Trinajstić information content (AvgIpc) is 2.48. The molecule has 0 aromatic heterocycles. The van der Waals surface area contributed by atoms with Crippen LogP contribution in [0.1, 0.15) is 32.1 Å². The number of hydrogen-bond donors (Lipinski definition) is 3. The third-order valence-corrected chi connectivity index (χ3v) is 3.77. The summed E-state index contributed by atoms with van der Waals surface area (Å²) in [5, 5.41) is 21.5. The van der Waals surface area contributed by atoms with Crippen LogP contribution >= 0.6 is 0 Å². The van der Waals surface area contributed by atoms with E-state index in [4.69, 9.17) is 5.11 Å². The second-order valence-corrected chi connectivity index (χ2v) is 4.87. The van der Waals surface area contributed by atoms with Crippen molar-refractivity contribution in [2.75, 3.05) is 6.54 Å². The van der Waals surface area contributed by atoms with E-state index in [-0.39, 0.29) is 18.1 Å². The van der Waals surface area contributed by atoms with E-state index >= 15 is 0 Å². The highest BCUT2D eigenvalue weighted by Crippen LogP contribution is 2.29. The van der Waals surface area contributed by atoms with Gasteiger partial charge in [0.2, 0.25) is 0 Å². The molecule has 2 aliphatic rings. The molecule has 2 saturated carbocycles. The molecule has 0 aliphatic heterocycles. The van der Waals surface area contributed by atoms with Crippen molar-refractivity contribution in [3.63, 3.8) is 0 Å². The maximum Gasteiger partial charge on any atom is 0.308 e. The fourth-order valence-corrected chi connectivity index (χ4v) is 2.59. The van der Waals surface area contributed by atoms with Crippen molar-refractivity contribution >= 4 is 5.97 Å². The lowest BCUT2D eigenvalue weighted by Gasteiger charge is -2.34. The molecule has 3 N–H and O–H groups in total. The number of aliphatic carboxylic acids is 1. The van der Waals surface area contributed by atoms with Gasteiger partial charge >= 0.3 is 5.97 Å². The van der Waals surface area contributed by atoms with Crippen LogP contribution < -0.4 is 5.32 Å². The van der Waals surface area contributed by atoms with Crippen LogP contribution in [0.25, 0.3) is 0 Å². The van der Waals surface area contributed by atoms with E-state index in [0.717, 1.165) is 38.6 Å². The standard InChI is InChI=1S/C11H19NO3/c13-8-2-1-7(5-8)6-12-10-4-3-9(10)11(14)15/h7-10,12-13H,1-6H2,(H,14,15). The van der Waals surface area contributed by atoms with Gasteiger partial charge in [-0.15, -0.1) is 0 Å². The molecule has 0 radical (unpaired) electrons. The summed E-state index contributed by atoms with van der Waals surface area (Å²) >= 11 is 0. The highest BCUT2D eigenvalue weighted by molar-refractivity contribution is 5.72. The van der Waals surface area contributed by atoms with Gasteiger partial charge in [0.25, 0.3) is 0 Å². The number of hydrogen-bond acceptors (Lipinski definition) is 3. The van der Waals surface area contributed by atoms with Crippen molar-refractivity contribution in [1.82, 2.24) is 5.32 Å².